The van der Waals surface area contributed by atoms with Crippen LogP contribution < -0.4 is 10.6 Å². The van der Waals surface area contributed by atoms with Crippen LogP contribution in [0.2, 0.25) is 0 Å². The number of thiocarbonyl (C=S) groups is 2. The first-order valence-corrected chi connectivity index (χ1v) is 16.6. The van der Waals surface area contributed by atoms with Crippen molar-refractivity contribution in [1.82, 2.24) is 9.80 Å². The molecule has 10 nitrogen and oxygen atoms in total. The number of anilines is 2. The van der Waals surface area contributed by atoms with Crippen molar-refractivity contribution in [3.8, 4) is 11.5 Å². The SMILES string of the molecule is O=C(CCCCCN1C(=O)/C(=C2\SC(=S)N(CCCCCC(=O)Nc3cccc(O)c3)C2=O)SC1=S)Nc1cccc(O)c1. The van der Waals surface area contributed by atoms with Crippen LogP contribution in [0.15, 0.2) is 58.3 Å². The van der Waals surface area contributed by atoms with Crippen molar-refractivity contribution in [2.24, 2.45) is 0 Å². The summed E-state index contributed by atoms with van der Waals surface area (Å²) in [5.74, 6) is -0.762. The molecule has 2 saturated heterocycles. The van der Waals surface area contributed by atoms with Gasteiger partial charge in [0.1, 0.15) is 20.1 Å². The Labute approximate surface area is 274 Å². The number of nitrogens with zero attached hydrogens (tertiary/aromatic N) is 2. The van der Waals surface area contributed by atoms with Crippen LogP contribution in [0.4, 0.5) is 11.4 Å². The lowest BCUT2D eigenvalue weighted by atomic mass is 10.1. The fraction of sp³-hybridized carbons (Fsp3) is 0.333. The van der Waals surface area contributed by atoms with Crippen molar-refractivity contribution in [3.63, 3.8) is 0 Å². The molecule has 0 spiro atoms. The van der Waals surface area contributed by atoms with E-state index in [1.54, 1.807) is 24.3 Å². The van der Waals surface area contributed by atoms with Crippen molar-refractivity contribution < 1.29 is 29.4 Å². The Morgan fingerprint density at radius 3 is 1.45 bits per heavy atom. The van der Waals surface area contributed by atoms with Crippen LogP contribution in [-0.4, -0.2) is 65.4 Å². The molecule has 4 rings (SSSR count). The topological polar surface area (TPSA) is 139 Å². The molecule has 232 valence electrons. The van der Waals surface area contributed by atoms with E-state index in [0.29, 0.717) is 94.3 Å². The largest absolute Gasteiger partial charge is 0.508 e. The highest BCUT2D eigenvalue weighted by Crippen LogP contribution is 2.42. The van der Waals surface area contributed by atoms with Crippen LogP contribution in [0.1, 0.15) is 51.4 Å². The van der Waals surface area contributed by atoms with Gasteiger partial charge < -0.3 is 20.8 Å². The van der Waals surface area contributed by atoms with Gasteiger partial charge in [0.2, 0.25) is 11.8 Å². The normalized spacial score (nSPS) is 16.6. The van der Waals surface area contributed by atoms with Gasteiger partial charge in [-0.3, -0.25) is 29.0 Å². The number of hydrogen-bond acceptors (Lipinski definition) is 10. The second kappa shape index (κ2) is 16.0. The molecule has 2 fully saturated rings. The lowest BCUT2D eigenvalue weighted by molar-refractivity contribution is -0.124. The lowest BCUT2D eigenvalue weighted by Gasteiger charge is -2.14. The third kappa shape index (κ3) is 9.27. The lowest BCUT2D eigenvalue weighted by Crippen LogP contribution is -2.31. The third-order valence-electron chi connectivity index (χ3n) is 6.74. The molecule has 2 aliphatic rings. The van der Waals surface area contributed by atoms with Gasteiger partial charge in [-0.1, -0.05) is 72.9 Å². The standard InChI is InChI=1S/C30H32N4O6S4/c35-21-11-7-9-19(17-21)31-23(37)13-3-1-5-15-33-27(39)25(43-29(33)41)26-28(40)34(30(42)44-26)16-6-2-4-14-24(38)32-20-10-8-12-22(36)18-20/h7-12,17-18,35-36H,1-6,13-16H2,(H,31,37)(H,32,38)/b26-25+. The van der Waals surface area contributed by atoms with E-state index in [0.717, 1.165) is 23.5 Å². The van der Waals surface area contributed by atoms with Gasteiger partial charge in [-0.15, -0.1) is 0 Å². The summed E-state index contributed by atoms with van der Waals surface area (Å²) in [6.07, 6.45) is 4.57. The molecule has 2 aliphatic heterocycles. The smallest absolute Gasteiger partial charge is 0.267 e. The van der Waals surface area contributed by atoms with Crippen molar-refractivity contribution in [2.75, 3.05) is 23.7 Å². The summed E-state index contributed by atoms with van der Waals surface area (Å²) in [4.78, 5) is 54.2. The second-order valence-corrected chi connectivity index (χ2v) is 13.4. The Morgan fingerprint density at radius 1 is 0.659 bits per heavy atom. The first-order valence-electron chi connectivity index (χ1n) is 14.1. The number of benzene rings is 2. The van der Waals surface area contributed by atoms with E-state index in [4.69, 9.17) is 24.4 Å². The zero-order valence-electron chi connectivity index (χ0n) is 23.7. The zero-order chi connectivity index (χ0) is 31.6. The fourth-order valence-corrected chi connectivity index (χ4v) is 7.31. The van der Waals surface area contributed by atoms with Crippen LogP contribution in [0, 0.1) is 0 Å². The molecule has 4 amide bonds. The number of carbonyl (C=O) groups is 4. The predicted octanol–water partition coefficient (Wildman–Crippen LogP) is 5.73. The molecule has 44 heavy (non-hydrogen) atoms. The first-order chi connectivity index (χ1) is 21.1. The molecule has 4 N–H and O–H groups in total. The average molecular weight is 673 g/mol. The number of phenols is 2. The number of rotatable bonds is 14. The highest BCUT2D eigenvalue weighted by Gasteiger charge is 2.41. The van der Waals surface area contributed by atoms with Gasteiger partial charge in [0.25, 0.3) is 11.8 Å². The van der Waals surface area contributed by atoms with Crippen molar-refractivity contribution >= 4 is 91.6 Å². The minimum Gasteiger partial charge on any atom is -0.508 e. The monoisotopic (exact) mass is 672 g/mol. The summed E-state index contributed by atoms with van der Waals surface area (Å²) in [6, 6.07) is 12.7. The molecule has 2 aromatic rings. The van der Waals surface area contributed by atoms with Gasteiger partial charge in [-0.05, 0) is 49.9 Å². The summed E-state index contributed by atoms with van der Waals surface area (Å²) in [5.41, 5.74) is 1.06. The van der Waals surface area contributed by atoms with E-state index in [1.165, 1.54) is 34.1 Å². The van der Waals surface area contributed by atoms with Crippen molar-refractivity contribution in [3.05, 3.63) is 58.3 Å². The number of nitrogens with one attached hydrogen (secondary N) is 2. The van der Waals surface area contributed by atoms with Crippen LogP contribution >= 0.6 is 48.0 Å². The summed E-state index contributed by atoms with van der Waals surface area (Å²) >= 11 is 13.1. The maximum atomic E-state index is 13.2. The Bertz CT molecular complexity index is 1390. The number of hydrogen-bond donors (Lipinski definition) is 4. The minimum atomic E-state index is -0.306. The number of unbranched alkanes of at least 4 members (excludes halogenated alkanes) is 4. The highest BCUT2D eigenvalue weighted by atomic mass is 32.2. The van der Waals surface area contributed by atoms with Gasteiger partial charge in [0.15, 0.2) is 0 Å². The molecular formula is C30H32N4O6S4. The van der Waals surface area contributed by atoms with E-state index in [1.807, 2.05) is 0 Å². The second-order valence-electron chi connectivity index (χ2n) is 10.1. The summed E-state index contributed by atoms with van der Waals surface area (Å²) in [7, 11) is 0. The van der Waals surface area contributed by atoms with Crippen LogP contribution in [0.3, 0.4) is 0 Å². The zero-order valence-corrected chi connectivity index (χ0v) is 27.0. The molecule has 0 radical (unpaired) electrons. The van der Waals surface area contributed by atoms with Crippen LogP contribution in [-0.2, 0) is 19.2 Å². The van der Waals surface area contributed by atoms with Crippen LogP contribution in [0.5, 0.6) is 11.5 Å². The Kier molecular flexibility index (Phi) is 12.2. The fourth-order valence-electron chi connectivity index (χ4n) is 4.53. The molecule has 0 atom stereocenters. The van der Waals surface area contributed by atoms with Gasteiger partial charge in [-0.2, -0.15) is 0 Å². The number of phenolic OH excluding ortho intramolecular Hbond substituents is 2. The van der Waals surface area contributed by atoms with Gasteiger partial charge in [0.05, 0.1) is 9.81 Å². The Hall–Kier alpha value is -3.46. The van der Waals surface area contributed by atoms with E-state index in [9.17, 15) is 29.4 Å². The van der Waals surface area contributed by atoms with Gasteiger partial charge in [0, 0.05) is 49.4 Å². The Balaban J connectivity index is 1.17. The summed E-state index contributed by atoms with van der Waals surface area (Å²) in [6.45, 7) is 0.781. The Morgan fingerprint density at radius 2 is 1.07 bits per heavy atom. The average Bonchev–Trinajstić information content (AvgIpc) is 3.41. The maximum absolute atomic E-state index is 13.2. The number of aromatic hydroxyl groups is 2. The van der Waals surface area contributed by atoms with E-state index < -0.39 is 0 Å². The van der Waals surface area contributed by atoms with E-state index >= 15 is 0 Å². The minimum absolute atomic E-state index is 0.0787. The first kappa shape index (κ1) is 33.4. The molecule has 2 heterocycles. The number of thioether (sulfide) groups is 2. The molecule has 0 unspecified atom stereocenters. The molecule has 0 saturated carbocycles. The molecular weight excluding hydrogens is 641 g/mol. The van der Waals surface area contributed by atoms with Gasteiger partial charge in [-0.25, -0.2) is 0 Å². The molecule has 0 bridgehead atoms. The van der Waals surface area contributed by atoms with Crippen molar-refractivity contribution in [1.29, 1.82) is 0 Å². The maximum Gasteiger partial charge on any atom is 0.267 e. The third-order valence-corrected chi connectivity index (χ3v) is 9.76. The quantitative estimate of drug-likeness (QED) is 0.112. The molecule has 0 aromatic heterocycles. The molecule has 0 aliphatic carbocycles. The summed E-state index contributed by atoms with van der Waals surface area (Å²) in [5, 5.41) is 24.5. The van der Waals surface area contributed by atoms with E-state index in [2.05, 4.69) is 10.6 Å². The van der Waals surface area contributed by atoms with Crippen molar-refractivity contribution in [2.45, 2.75) is 51.4 Å². The number of carbonyl (C=O) groups excluding carboxylic acids is 4. The molecule has 14 heteroatoms. The van der Waals surface area contributed by atoms with E-state index in [-0.39, 0.29) is 35.1 Å². The summed E-state index contributed by atoms with van der Waals surface area (Å²) < 4.78 is 0.779. The number of amides is 4. The van der Waals surface area contributed by atoms with Gasteiger partial charge >= 0.3 is 0 Å². The predicted molar refractivity (Wildman–Crippen MR) is 181 cm³/mol. The highest BCUT2D eigenvalue weighted by molar-refractivity contribution is 8.29. The molecule has 2 aromatic carbocycles. The van der Waals surface area contributed by atoms with Crippen LogP contribution in [0.25, 0.3) is 0 Å².